The highest BCUT2D eigenvalue weighted by atomic mass is 15.2. The van der Waals surface area contributed by atoms with Crippen molar-refractivity contribution >= 4 is 0 Å². The van der Waals surface area contributed by atoms with E-state index < -0.39 is 0 Å². The molecule has 0 atom stereocenters. The van der Waals surface area contributed by atoms with E-state index in [1.54, 1.807) is 0 Å². The summed E-state index contributed by atoms with van der Waals surface area (Å²) in [6.45, 7) is 9.13. The predicted molar refractivity (Wildman–Crippen MR) is 67.2 cm³/mol. The molecule has 0 aromatic heterocycles. The van der Waals surface area contributed by atoms with Gasteiger partial charge in [-0.15, -0.1) is 0 Å². The van der Waals surface area contributed by atoms with E-state index in [0.29, 0.717) is 11.0 Å². The molecule has 1 rings (SSSR count). The van der Waals surface area contributed by atoms with E-state index in [9.17, 15) is 0 Å². The normalized spacial score (nSPS) is 21.2. The Morgan fingerprint density at radius 2 is 1.67 bits per heavy atom. The lowest BCUT2D eigenvalue weighted by atomic mass is 9.93. The fourth-order valence-electron chi connectivity index (χ4n) is 2.49. The van der Waals surface area contributed by atoms with Crippen LogP contribution < -0.4 is 5.32 Å². The summed E-state index contributed by atoms with van der Waals surface area (Å²) in [6.07, 6.45) is 5.51. The molecule has 1 saturated carbocycles. The van der Waals surface area contributed by atoms with Crippen molar-refractivity contribution in [3.8, 4) is 0 Å². The number of nitrogens with one attached hydrogen (secondary N) is 1. The Labute approximate surface area is 95.4 Å². The quantitative estimate of drug-likeness (QED) is 0.770. The molecule has 2 heteroatoms. The van der Waals surface area contributed by atoms with Gasteiger partial charge in [0.1, 0.15) is 0 Å². The molecule has 1 N–H and O–H groups in total. The van der Waals surface area contributed by atoms with E-state index in [1.165, 1.54) is 25.7 Å². The standard InChI is InChI=1S/C13H28N2/c1-12(2,3)10-14-11-13(15(4)5)8-6-7-9-13/h14H,6-11H2,1-5H3. The minimum atomic E-state index is 0.395. The van der Waals surface area contributed by atoms with Crippen LogP contribution in [0.3, 0.4) is 0 Å². The zero-order valence-electron chi connectivity index (χ0n) is 11.2. The second-order valence-electron chi connectivity index (χ2n) is 6.49. The van der Waals surface area contributed by atoms with E-state index in [1.807, 2.05) is 0 Å². The van der Waals surface area contributed by atoms with E-state index in [-0.39, 0.29) is 0 Å². The van der Waals surface area contributed by atoms with Crippen molar-refractivity contribution in [2.75, 3.05) is 27.2 Å². The summed E-state index contributed by atoms with van der Waals surface area (Å²) < 4.78 is 0. The smallest absolute Gasteiger partial charge is 0.0327 e. The number of rotatable bonds is 4. The van der Waals surface area contributed by atoms with Crippen LogP contribution in [-0.2, 0) is 0 Å². The third-order valence-corrected chi connectivity index (χ3v) is 3.59. The number of hydrogen-bond acceptors (Lipinski definition) is 2. The first-order valence-electron chi connectivity index (χ1n) is 6.24. The van der Waals surface area contributed by atoms with Crippen LogP contribution in [0.4, 0.5) is 0 Å². The fourth-order valence-corrected chi connectivity index (χ4v) is 2.49. The van der Waals surface area contributed by atoms with Gasteiger partial charge in [-0.2, -0.15) is 0 Å². The molecule has 90 valence electrons. The molecular formula is C13H28N2. The van der Waals surface area contributed by atoms with Crippen LogP contribution in [0.5, 0.6) is 0 Å². The van der Waals surface area contributed by atoms with Gasteiger partial charge in [0.15, 0.2) is 0 Å². The van der Waals surface area contributed by atoms with Gasteiger partial charge in [-0.3, -0.25) is 0 Å². The zero-order chi connectivity index (χ0) is 11.5. The van der Waals surface area contributed by atoms with Crippen molar-refractivity contribution in [1.82, 2.24) is 10.2 Å². The molecule has 0 unspecified atom stereocenters. The maximum Gasteiger partial charge on any atom is 0.0327 e. The molecule has 0 heterocycles. The second-order valence-corrected chi connectivity index (χ2v) is 6.49. The molecular weight excluding hydrogens is 184 g/mol. The van der Waals surface area contributed by atoms with Crippen LogP contribution in [0.25, 0.3) is 0 Å². The minimum Gasteiger partial charge on any atom is -0.314 e. The molecule has 15 heavy (non-hydrogen) atoms. The molecule has 1 fully saturated rings. The first kappa shape index (κ1) is 13.0. The number of hydrogen-bond donors (Lipinski definition) is 1. The lowest BCUT2D eigenvalue weighted by Gasteiger charge is -2.37. The largest absolute Gasteiger partial charge is 0.314 e. The Morgan fingerprint density at radius 1 is 1.13 bits per heavy atom. The highest BCUT2D eigenvalue weighted by molar-refractivity contribution is 4.94. The molecule has 0 aromatic rings. The Hall–Kier alpha value is -0.0800. The highest BCUT2D eigenvalue weighted by Gasteiger charge is 2.35. The van der Waals surface area contributed by atoms with Gasteiger partial charge < -0.3 is 10.2 Å². The van der Waals surface area contributed by atoms with Crippen molar-refractivity contribution in [2.45, 2.75) is 52.0 Å². The lowest BCUT2D eigenvalue weighted by Crippen LogP contribution is -2.50. The predicted octanol–water partition coefficient (Wildman–Crippen LogP) is 2.50. The summed E-state index contributed by atoms with van der Waals surface area (Å²) in [4.78, 5) is 2.43. The van der Waals surface area contributed by atoms with E-state index in [2.05, 4.69) is 45.1 Å². The Bertz CT molecular complexity index is 185. The van der Waals surface area contributed by atoms with Crippen molar-refractivity contribution in [3.05, 3.63) is 0 Å². The number of likely N-dealkylation sites (N-methyl/N-ethyl adjacent to an activating group) is 1. The van der Waals surface area contributed by atoms with Gasteiger partial charge in [-0.05, 0) is 32.4 Å². The molecule has 1 aliphatic carbocycles. The first-order valence-corrected chi connectivity index (χ1v) is 6.24. The fraction of sp³-hybridized carbons (Fsp3) is 1.00. The van der Waals surface area contributed by atoms with Gasteiger partial charge in [0.25, 0.3) is 0 Å². The van der Waals surface area contributed by atoms with Gasteiger partial charge in [0.2, 0.25) is 0 Å². The molecule has 0 radical (unpaired) electrons. The van der Waals surface area contributed by atoms with Gasteiger partial charge >= 0.3 is 0 Å². The molecule has 2 nitrogen and oxygen atoms in total. The molecule has 0 aromatic carbocycles. The van der Waals surface area contributed by atoms with E-state index in [4.69, 9.17) is 0 Å². The topological polar surface area (TPSA) is 15.3 Å². The van der Waals surface area contributed by atoms with Gasteiger partial charge in [0, 0.05) is 18.6 Å². The van der Waals surface area contributed by atoms with Crippen LogP contribution in [0.2, 0.25) is 0 Å². The molecule has 0 spiro atoms. The van der Waals surface area contributed by atoms with Gasteiger partial charge in [-0.25, -0.2) is 0 Å². The van der Waals surface area contributed by atoms with Crippen LogP contribution in [0.1, 0.15) is 46.5 Å². The van der Waals surface area contributed by atoms with Gasteiger partial charge in [-0.1, -0.05) is 33.6 Å². The van der Waals surface area contributed by atoms with E-state index >= 15 is 0 Å². The average Bonchev–Trinajstić information content (AvgIpc) is 2.51. The van der Waals surface area contributed by atoms with E-state index in [0.717, 1.165) is 13.1 Å². The second kappa shape index (κ2) is 4.84. The van der Waals surface area contributed by atoms with Crippen molar-refractivity contribution in [2.24, 2.45) is 5.41 Å². The maximum atomic E-state index is 3.65. The summed E-state index contributed by atoms with van der Waals surface area (Å²) in [5, 5.41) is 3.65. The monoisotopic (exact) mass is 212 g/mol. The SMILES string of the molecule is CN(C)C1(CNCC(C)(C)C)CCCC1. The minimum absolute atomic E-state index is 0.395. The van der Waals surface area contributed by atoms with Crippen LogP contribution in [0, 0.1) is 5.41 Å². The third-order valence-electron chi connectivity index (χ3n) is 3.59. The Morgan fingerprint density at radius 3 is 2.07 bits per heavy atom. The Kier molecular flexibility index (Phi) is 4.19. The van der Waals surface area contributed by atoms with Gasteiger partial charge in [0.05, 0.1) is 0 Å². The van der Waals surface area contributed by atoms with Crippen molar-refractivity contribution < 1.29 is 0 Å². The lowest BCUT2D eigenvalue weighted by molar-refractivity contribution is 0.149. The Balaban J connectivity index is 2.40. The maximum absolute atomic E-state index is 3.65. The molecule has 0 aliphatic heterocycles. The summed E-state index contributed by atoms with van der Waals surface area (Å²) >= 11 is 0. The summed E-state index contributed by atoms with van der Waals surface area (Å²) in [5.74, 6) is 0. The number of nitrogens with zero attached hydrogens (tertiary/aromatic N) is 1. The highest BCUT2D eigenvalue weighted by Crippen LogP contribution is 2.33. The average molecular weight is 212 g/mol. The molecule has 0 bridgehead atoms. The summed E-state index contributed by atoms with van der Waals surface area (Å²) in [5.41, 5.74) is 0.831. The van der Waals surface area contributed by atoms with Crippen molar-refractivity contribution in [3.63, 3.8) is 0 Å². The van der Waals surface area contributed by atoms with Crippen LogP contribution in [-0.4, -0.2) is 37.6 Å². The molecule has 0 amide bonds. The molecule has 0 saturated heterocycles. The summed E-state index contributed by atoms with van der Waals surface area (Å²) in [6, 6.07) is 0. The first-order chi connectivity index (χ1) is 6.86. The van der Waals surface area contributed by atoms with Crippen molar-refractivity contribution in [1.29, 1.82) is 0 Å². The zero-order valence-corrected chi connectivity index (χ0v) is 11.2. The van der Waals surface area contributed by atoms with Crippen LogP contribution in [0.15, 0.2) is 0 Å². The van der Waals surface area contributed by atoms with Crippen LogP contribution >= 0.6 is 0 Å². The molecule has 1 aliphatic rings. The third kappa shape index (κ3) is 3.76. The summed E-state index contributed by atoms with van der Waals surface area (Å²) in [7, 11) is 4.45.